The van der Waals surface area contributed by atoms with Crippen LogP contribution in [-0.2, 0) is 6.42 Å². The molecule has 1 N–H and O–H groups in total. The molecule has 0 bridgehead atoms. The molecule has 3 rings (SSSR count). The van der Waals surface area contributed by atoms with E-state index in [9.17, 15) is 4.79 Å². The molecule has 0 spiro atoms. The maximum absolute atomic E-state index is 12.5. The van der Waals surface area contributed by atoms with E-state index >= 15 is 0 Å². The van der Waals surface area contributed by atoms with Gasteiger partial charge in [0.05, 0.1) is 0 Å². The molecule has 5 heteroatoms. The number of amides is 1. The van der Waals surface area contributed by atoms with Crippen molar-refractivity contribution in [1.29, 1.82) is 0 Å². The SMILES string of the molecule is Cc1ccc(NC(=O)c2cc(N(C)CCc3ccncc3)ccn2)cc1. The first-order chi connectivity index (χ1) is 12.6. The lowest BCUT2D eigenvalue weighted by Crippen LogP contribution is -2.21. The number of likely N-dealkylation sites (N-methyl/N-ethyl adjacent to an activating group) is 1. The molecule has 0 saturated heterocycles. The minimum atomic E-state index is -0.210. The van der Waals surface area contributed by atoms with Gasteiger partial charge in [-0.05, 0) is 55.3 Å². The van der Waals surface area contributed by atoms with Gasteiger partial charge < -0.3 is 10.2 Å². The van der Waals surface area contributed by atoms with Crippen molar-refractivity contribution in [2.24, 2.45) is 0 Å². The number of pyridine rings is 2. The molecule has 2 aromatic heterocycles. The Morgan fingerprint density at radius 3 is 2.50 bits per heavy atom. The number of hydrogen-bond acceptors (Lipinski definition) is 4. The first-order valence-corrected chi connectivity index (χ1v) is 8.56. The molecule has 3 aromatic rings. The fourth-order valence-electron chi connectivity index (χ4n) is 2.59. The summed E-state index contributed by atoms with van der Waals surface area (Å²) in [6.45, 7) is 2.85. The van der Waals surface area contributed by atoms with Crippen LogP contribution in [0.25, 0.3) is 0 Å². The molecule has 0 aliphatic rings. The maximum Gasteiger partial charge on any atom is 0.274 e. The van der Waals surface area contributed by atoms with E-state index in [0.29, 0.717) is 5.69 Å². The molecule has 0 atom stereocenters. The highest BCUT2D eigenvalue weighted by molar-refractivity contribution is 6.03. The molecule has 0 fully saturated rings. The Morgan fingerprint density at radius 1 is 1.04 bits per heavy atom. The van der Waals surface area contributed by atoms with E-state index in [1.807, 2.05) is 62.5 Å². The standard InChI is InChI=1S/C21H22N4O/c1-16-3-5-18(6-4-16)24-21(26)20-15-19(9-13-23-20)25(2)14-10-17-7-11-22-12-8-17/h3-9,11-13,15H,10,14H2,1-2H3,(H,24,26). The van der Waals surface area contributed by atoms with E-state index < -0.39 is 0 Å². The summed E-state index contributed by atoms with van der Waals surface area (Å²) in [6.07, 6.45) is 6.18. The zero-order valence-corrected chi connectivity index (χ0v) is 15.0. The van der Waals surface area contributed by atoms with Gasteiger partial charge in [0.2, 0.25) is 0 Å². The Morgan fingerprint density at radius 2 is 1.77 bits per heavy atom. The largest absolute Gasteiger partial charge is 0.374 e. The second-order valence-electron chi connectivity index (χ2n) is 6.25. The first kappa shape index (κ1) is 17.6. The normalized spacial score (nSPS) is 10.4. The quantitative estimate of drug-likeness (QED) is 0.739. The smallest absolute Gasteiger partial charge is 0.274 e. The molecule has 0 aliphatic carbocycles. The summed E-state index contributed by atoms with van der Waals surface area (Å²) in [5.41, 5.74) is 4.51. The van der Waals surface area contributed by atoms with Crippen molar-refractivity contribution in [2.75, 3.05) is 23.8 Å². The summed E-state index contributed by atoms with van der Waals surface area (Å²) in [4.78, 5) is 22.8. The molecule has 2 heterocycles. The van der Waals surface area contributed by atoms with Crippen LogP contribution >= 0.6 is 0 Å². The highest BCUT2D eigenvalue weighted by Gasteiger charge is 2.10. The number of nitrogens with zero attached hydrogens (tertiary/aromatic N) is 3. The number of aromatic nitrogens is 2. The highest BCUT2D eigenvalue weighted by atomic mass is 16.1. The van der Waals surface area contributed by atoms with Crippen LogP contribution in [0.15, 0.2) is 67.1 Å². The average molecular weight is 346 g/mol. The van der Waals surface area contributed by atoms with Gasteiger partial charge in [-0.15, -0.1) is 0 Å². The molecular weight excluding hydrogens is 324 g/mol. The van der Waals surface area contributed by atoms with E-state index in [1.54, 1.807) is 18.6 Å². The van der Waals surface area contributed by atoms with Gasteiger partial charge in [-0.25, -0.2) is 0 Å². The number of hydrogen-bond donors (Lipinski definition) is 1. The van der Waals surface area contributed by atoms with Crippen LogP contribution in [-0.4, -0.2) is 29.5 Å². The average Bonchev–Trinajstić information content (AvgIpc) is 2.69. The van der Waals surface area contributed by atoms with Crippen molar-refractivity contribution in [2.45, 2.75) is 13.3 Å². The number of nitrogens with one attached hydrogen (secondary N) is 1. The van der Waals surface area contributed by atoms with Gasteiger partial charge in [0, 0.05) is 43.6 Å². The summed E-state index contributed by atoms with van der Waals surface area (Å²) < 4.78 is 0. The van der Waals surface area contributed by atoms with Crippen molar-refractivity contribution < 1.29 is 4.79 Å². The number of anilines is 2. The summed E-state index contributed by atoms with van der Waals surface area (Å²) in [5.74, 6) is -0.210. The zero-order chi connectivity index (χ0) is 18.4. The van der Waals surface area contributed by atoms with Crippen molar-refractivity contribution in [3.05, 3.63) is 83.9 Å². The maximum atomic E-state index is 12.5. The lowest BCUT2D eigenvalue weighted by Gasteiger charge is -2.19. The van der Waals surface area contributed by atoms with Crippen LogP contribution in [0.3, 0.4) is 0 Å². The number of carbonyl (C=O) groups is 1. The lowest BCUT2D eigenvalue weighted by molar-refractivity contribution is 0.102. The van der Waals surface area contributed by atoms with E-state index in [4.69, 9.17) is 0 Å². The van der Waals surface area contributed by atoms with Crippen molar-refractivity contribution >= 4 is 17.3 Å². The Bertz CT molecular complexity index is 863. The summed E-state index contributed by atoms with van der Waals surface area (Å²) >= 11 is 0. The van der Waals surface area contributed by atoms with Gasteiger partial charge >= 0.3 is 0 Å². The fraction of sp³-hybridized carbons (Fsp3) is 0.190. The minimum Gasteiger partial charge on any atom is -0.374 e. The highest BCUT2D eigenvalue weighted by Crippen LogP contribution is 2.16. The lowest BCUT2D eigenvalue weighted by atomic mass is 10.2. The van der Waals surface area contributed by atoms with Crippen LogP contribution in [0, 0.1) is 6.92 Å². The Hall–Kier alpha value is -3.21. The van der Waals surface area contributed by atoms with Gasteiger partial charge in [-0.2, -0.15) is 0 Å². The predicted octanol–water partition coefficient (Wildman–Crippen LogP) is 3.72. The zero-order valence-electron chi connectivity index (χ0n) is 15.0. The molecule has 1 aromatic carbocycles. The van der Waals surface area contributed by atoms with Crippen LogP contribution in [0.5, 0.6) is 0 Å². The molecular formula is C21H22N4O. The third-order valence-electron chi connectivity index (χ3n) is 4.21. The number of benzene rings is 1. The van der Waals surface area contributed by atoms with Crippen molar-refractivity contribution in [3.63, 3.8) is 0 Å². The van der Waals surface area contributed by atoms with Gasteiger partial charge in [0.15, 0.2) is 0 Å². The molecule has 5 nitrogen and oxygen atoms in total. The van der Waals surface area contributed by atoms with Gasteiger partial charge in [0.1, 0.15) is 5.69 Å². The Kier molecular flexibility index (Phi) is 5.59. The summed E-state index contributed by atoms with van der Waals surface area (Å²) in [7, 11) is 2.01. The second kappa shape index (κ2) is 8.25. The Labute approximate surface area is 153 Å². The Balaban J connectivity index is 1.65. The van der Waals surface area contributed by atoms with E-state index in [1.165, 1.54) is 5.56 Å². The molecule has 26 heavy (non-hydrogen) atoms. The van der Waals surface area contributed by atoms with E-state index in [-0.39, 0.29) is 5.91 Å². The van der Waals surface area contributed by atoms with Gasteiger partial charge in [-0.1, -0.05) is 17.7 Å². The predicted molar refractivity (Wildman–Crippen MR) is 105 cm³/mol. The summed E-state index contributed by atoms with van der Waals surface area (Å²) in [6, 6.07) is 15.5. The number of carbonyl (C=O) groups excluding carboxylic acids is 1. The van der Waals surface area contributed by atoms with Gasteiger partial charge in [0.25, 0.3) is 5.91 Å². The molecule has 132 valence electrons. The second-order valence-corrected chi connectivity index (χ2v) is 6.25. The van der Waals surface area contributed by atoms with E-state index in [0.717, 1.165) is 29.9 Å². The van der Waals surface area contributed by atoms with Crippen molar-refractivity contribution in [3.8, 4) is 0 Å². The van der Waals surface area contributed by atoms with Gasteiger partial charge in [-0.3, -0.25) is 14.8 Å². The number of aryl methyl sites for hydroxylation is 1. The molecule has 0 saturated carbocycles. The molecule has 0 aliphatic heterocycles. The summed E-state index contributed by atoms with van der Waals surface area (Å²) in [5, 5.41) is 2.88. The first-order valence-electron chi connectivity index (χ1n) is 8.56. The third kappa shape index (κ3) is 4.66. The molecule has 0 radical (unpaired) electrons. The van der Waals surface area contributed by atoms with Crippen LogP contribution in [0.1, 0.15) is 21.6 Å². The minimum absolute atomic E-state index is 0.210. The topological polar surface area (TPSA) is 58.1 Å². The van der Waals surface area contributed by atoms with Crippen molar-refractivity contribution in [1.82, 2.24) is 9.97 Å². The molecule has 0 unspecified atom stereocenters. The van der Waals surface area contributed by atoms with Crippen LogP contribution in [0.4, 0.5) is 11.4 Å². The monoisotopic (exact) mass is 346 g/mol. The fourth-order valence-corrected chi connectivity index (χ4v) is 2.59. The molecule has 1 amide bonds. The number of rotatable bonds is 6. The van der Waals surface area contributed by atoms with Crippen LogP contribution < -0.4 is 10.2 Å². The third-order valence-corrected chi connectivity index (χ3v) is 4.21. The van der Waals surface area contributed by atoms with Crippen LogP contribution in [0.2, 0.25) is 0 Å². The van der Waals surface area contributed by atoms with E-state index in [2.05, 4.69) is 20.2 Å².